The summed E-state index contributed by atoms with van der Waals surface area (Å²) in [6.45, 7) is 1.51. The van der Waals surface area contributed by atoms with Crippen LogP contribution in [0, 0.1) is 11.7 Å². The molecular formula is C24H27ClFN3O4. The topological polar surface area (TPSA) is 87.7 Å². The van der Waals surface area contributed by atoms with E-state index in [9.17, 15) is 18.8 Å². The van der Waals surface area contributed by atoms with Crippen LogP contribution in [0.4, 0.5) is 4.39 Å². The van der Waals surface area contributed by atoms with E-state index in [2.05, 4.69) is 10.6 Å². The SMILES string of the molecule is COCCNC(=O)[C@H](NC(=O)c1ccccc1Cl)C1CCN(C(=O)c2ccc(F)cc2)CC1. The van der Waals surface area contributed by atoms with E-state index < -0.39 is 17.8 Å². The lowest BCUT2D eigenvalue weighted by molar-refractivity contribution is -0.124. The van der Waals surface area contributed by atoms with Crippen molar-refractivity contribution in [2.75, 3.05) is 33.4 Å². The maximum absolute atomic E-state index is 13.2. The molecule has 2 N–H and O–H groups in total. The minimum atomic E-state index is -0.784. The molecule has 0 aliphatic carbocycles. The van der Waals surface area contributed by atoms with Crippen molar-refractivity contribution in [3.05, 3.63) is 70.5 Å². The Labute approximate surface area is 197 Å². The fraction of sp³-hybridized carbons (Fsp3) is 0.375. The van der Waals surface area contributed by atoms with Gasteiger partial charge in [-0.1, -0.05) is 23.7 Å². The quantitative estimate of drug-likeness (QED) is 0.575. The fourth-order valence-electron chi connectivity index (χ4n) is 3.86. The van der Waals surface area contributed by atoms with E-state index in [1.807, 2.05) is 0 Å². The number of methoxy groups -OCH3 is 1. The van der Waals surface area contributed by atoms with Gasteiger partial charge >= 0.3 is 0 Å². The van der Waals surface area contributed by atoms with Gasteiger partial charge in [-0.25, -0.2) is 4.39 Å². The summed E-state index contributed by atoms with van der Waals surface area (Å²) in [6, 6.07) is 11.3. The van der Waals surface area contributed by atoms with E-state index in [1.54, 1.807) is 29.2 Å². The highest BCUT2D eigenvalue weighted by molar-refractivity contribution is 6.33. The number of hydrogen-bond acceptors (Lipinski definition) is 4. The minimum Gasteiger partial charge on any atom is -0.383 e. The number of rotatable bonds is 8. The third-order valence-electron chi connectivity index (χ3n) is 5.68. The molecule has 9 heteroatoms. The van der Waals surface area contributed by atoms with Crippen LogP contribution in [0.25, 0.3) is 0 Å². The molecule has 1 atom stereocenters. The number of hydrogen-bond donors (Lipinski definition) is 2. The van der Waals surface area contributed by atoms with Crippen molar-refractivity contribution in [2.24, 2.45) is 5.92 Å². The van der Waals surface area contributed by atoms with Gasteiger partial charge in [0, 0.05) is 32.3 Å². The Morgan fingerprint density at radius 1 is 1.12 bits per heavy atom. The summed E-state index contributed by atoms with van der Waals surface area (Å²) in [6.07, 6.45) is 1.05. The summed E-state index contributed by atoms with van der Waals surface area (Å²) in [5.74, 6) is -1.50. The van der Waals surface area contributed by atoms with Crippen molar-refractivity contribution in [3.8, 4) is 0 Å². The molecule has 0 bridgehead atoms. The third-order valence-corrected chi connectivity index (χ3v) is 6.01. The van der Waals surface area contributed by atoms with E-state index in [1.165, 1.54) is 31.4 Å². The standard InChI is InChI=1S/C24H27ClFN3O4/c1-33-15-12-27-23(31)21(28-22(30)19-4-2-3-5-20(19)25)16-10-13-29(14-11-16)24(32)17-6-8-18(26)9-7-17/h2-9,16,21H,10-15H2,1H3,(H,27,31)(H,28,30)/t21-/m1/s1. The van der Waals surface area contributed by atoms with E-state index >= 15 is 0 Å². The first kappa shape index (κ1) is 24.7. The minimum absolute atomic E-state index is 0.170. The van der Waals surface area contributed by atoms with Gasteiger partial charge < -0.3 is 20.3 Å². The van der Waals surface area contributed by atoms with Crippen molar-refractivity contribution in [1.29, 1.82) is 0 Å². The maximum atomic E-state index is 13.2. The monoisotopic (exact) mass is 475 g/mol. The molecule has 1 saturated heterocycles. The highest BCUT2D eigenvalue weighted by Gasteiger charge is 2.34. The second kappa shape index (κ2) is 11.8. The summed E-state index contributed by atoms with van der Waals surface area (Å²) < 4.78 is 18.1. The Morgan fingerprint density at radius 2 is 1.79 bits per heavy atom. The largest absolute Gasteiger partial charge is 0.383 e. The molecule has 1 fully saturated rings. The molecule has 0 unspecified atom stereocenters. The van der Waals surface area contributed by atoms with Gasteiger partial charge in [-0.05, 0) is 55.2 Å². The fourth-order valence-corrected chi connectivity index (χ4v) is 4.08. The average Bonchev–Trinajstić information content (AvgIpc) is 2.83. The van der Waals surface area contributed by atoms with Crippen molar-refractivity contribution in [3.63, 3.8) is 0 Å². The second-order valence-corrected chi connectivity index (χ2v) is 8.26. The van der Waals surface area contributed by atoms with Crippen LogP contribution in [0.5, 0.6) is 0 Å². The number of likely N-dealkylation sites (tertiary alicyclic amines) is 1. The summed E-state index contributed by atoms with van der Waals surface area (Å²) in [7, 11) is 1.54. The maximum Gasteiger partial charge on any atom is 0.253 e. The molecule has 0 saturated carbocycles. The van der Waals surface area contributed by atoms with Crippen LogP contribution in [0.3, 0.4) is 0 Å². The number of amides is 3. The predicted octanol–water partition coefficient (Wildman–Crippen LogP) is 2.89. The zero-order valence-corrected chi connectivity index (χ0v) is 19.1. The first-order valence-electron chi connectivity index (χ1n) is 10.8. The molecule has 1 aliphatic heterocycles. The summed E-state index contributed by atoms with van der Waals surface area (Å²) in [4.78, 5) is 40.2. The first-order chi connectivity index (χ1) is 15.9. The Bertz CT molecular complexity index is 978. The number of carbonyl (C=O) groups is 3. The molecule has 2 aromatic carbocycles. The molecule has 1 heterocycles. The molecule has 0 spiro atoms. The molecule has 3 rings (SSSR count). The summed E-state index contributed by atoms with van der Waals surface area (Å²) >= 11 is 6.15. The Balaban J connectivity index is 1.68. The normalized spacial score (nSPS) is 15.1. The molecule has 0 radical (unpaired) electrons. The molecule has 7 nitrogen and oxygen atoms in total. The number of benzene rings is 2. The van der Waals surface area contributed by atoms with Crippen LogP contribution in [-0.4, -0.2) is 62.0 Å². The van der Waals surface area contributed by atoms with Gasteiger partial charge in [0.05, 0.1) is 17.2 Å². The van der Waals surface area contributed by atoms with E-state index in [-0.39, 0.29) is 23.3 Å². The van der Waals surface area contributed by atoms with Crippen LogP contribution < -0.4 is 10.6 Å². The Hall–Kier alpha value is -2.97. The number of ether oxygens (including phenoxy) is 1. The number of nitrogens with zero attached hydrogens (tertiary/aromatic N) is 1. The number of piperidine rings is 1. The highest BCUT2D eigenvalue weighted by atomic mass is 35.5. The van der Waals surface area contributed by atoms with Gasteiger partial charge in [0.1, 0.15) is 11.9 Å². The van der Waals surface area contributed by atoms with Crippen LogP contribution >= 0.6 is 11.6 Å². The third kappa shape index (κ3) is 6.52. The highest BCUT2D eigenvalue weighted by Crippen LogP contribution is 2.24. The molecular weight excluding hydrogens is 449 g/mol. The second-order valence-electron chi connectivity index (χ2n) is 7.85. The van der Waals surface area contributed by atoms with E-state index in [0.29, 0.717) is 49.7 Å². The van der Waals surface area contributed by atoms with Crippen LogP contribution in [-0.2, 0) is 9.53 Å². The summed E-state index contributed by atoms with van der Waals surface area (Å²) in [5.41, 5.74) is 0.702. The zero-order valence-electron chi connectivity index (χ0n) is 18.4. The molecule has 2 aromatic rings. The van der Waals surface area contributed by atoms with E-state index in [0.717, 1.165) is 0 Å². The van der Waals surface area contributed by atoms with Crippen molar-refractivity contribution in [1.82, 2.24) is 15.5 Å². The van der Waals surface area contributed by atoms with Gasteiger partial charge in [-0.15, -0.1) is 0 Å². The lowest BCUT2D eigenvalue weighted by Gasteiger charge is -2.36. The lowest BCUT2D eigenvalue weighted by atomic mass is 9.88. The van der Waals surface area contributed by atoms with Gasteiger partial charge in [0.2, 0.25) is 5.91 Å². The number of carbonyl (C=O) groups excluding carboxylic acids is 3. The van der Waals surface area contributed by atoms with Gasteiger partial charge in [0.15, 0.2) is 0 Å². The number of halogens is 2. The molecule has 0 aromatic heterocycles. The zero-order chi connectivity index (χ0) is 23.8. The lowest BCUT2D eigenvalue weighted by Crippen LogP contribution is -2.54. The Kier molecular flexibility index (Phi) is 8.79. The van der Waals surface area contributed by atoms with Crippen molar-refractivity contribution < 1.29 is 23.5 Å². The molecule has 176 valence electrons. The van der Waals surface area contributed by atoms with Crippen molar-refractivity contribution in [2.45, 2.75) is 18.9 Å². The molecule has 3 amide bonds. The van der Waals surface area contributed by atoms with Gasteiger partial charge in [0.25, 0.3) is 11.8 Å². The van der Waals surface area contributed by atoms with Gasteiger partial charge in [-0.2, -0.15) is 0 Å². The van der Waals surface area contributed by atoms with Crippen LogP contribution in [0.2, 0.25) is 5.02 Å². The molecule has 33 heavy (non-hydrogen) atoms. The average molecular weight is 476 g/mol. The van der Waals surface area contributed by atoms with Crippen molar-refractivity contribution >= 4 is 29.3 Å². The Morgan fingerprint density at radius 3 is 2.42 bits per heavy atom. The smallest absolute Gasteiger partial charge is 0.253 e. The van der Waals surface area contributed by atoms with Gasteiger partial charge in [-0.3, -0.25) is 14.4 Å². The van der Waals surface area contributed by atoms with Crippen LogP contribution in [0.15, 0.2) is 48.5 Å². The van der Waals surface area contributed by atoms with E-state index in [4.69, 9.17) is 16.3 Å². The predicted molar refractivity (Wildman–Crippen MR) is 123 cm³/mol. The molecule has 1 aliphatic rings. The number of nitrogens with one attached hydrogen (secondary N) is 2. The first-order valence-corrected chi connectivity index (χ1v) is 11.2. The summed E-state index contributed by atoms with van der Waals surface area (Å²) in [5, 5.41) is 5.92. The van der Waals surface area contributed by atoms with Crippen LogP contribution in [0.1, 0.15) is 33.6 Å².